The number of carbonyl (C=O) groups is 3. The Morgan fingerprint density at radius 2 is 1.58 bits per heavy atom. The van der Waals surface area contributed by atoms with E-state index < -0.39 is 24.5 Å². The molecule has 0 fully saturated rings. The summed E-state index contributed by atoms with van der Waals surface area (Å²) < 4.78 is 12.9. The first-order valence-corrected chi connectivity index (χ1v) is 14.5. The van der Waals surface area contributed by atoms with E-state index in [2.05, 4.69) is 12.2 Å². The van der Waals surface area contributed by atoms with Gasteiger partial charge in [0.15, 0.2) is 0 Å². The number of nitrogens with one attached hydrogen (secondary N) is 1. The first kappa shape index (κ1) is 31.2. The van der Waals surface area contributed by atoms with Crippen LogP contribution in [0.5, 0.6) is 11.5 Å². The molecule has 0 aliphatic rings. The van der Waals surface area contributed by atoms with E-state index in [1.165, 1.54) is 4.57 Å². The highest BCUT2D eigenvalue weighted by atomic mass is 16.5. The summed E-state index contributed by atoms with van der Waals surface area (Å²) in [5.41, 5.74) is 3.07. The molecular formula is C34H39N3O6. The number of para-hydroxylation sites is 1. The second-order valence-electron chi connectivity index (χ2n) is 10.5. The smallest absolute Gasteiger partial charge is 0.323 e. The fourth-order valence-corrected chi connectivity index (χ4v) is 5.32. The van der Waals surface area contributed by atoms with Crippen LogP contribution in [-0.4, -0.2) is 54.3 Å². The molecule has 0 aliphatic carbocycles. The predicted octanol–water partition coefficient (Wildman–Crippen LogP) is 5.62. The lowest BCUT2D eigenvalue weighted by atomic mass is 10.0. The summed E-state index contributed by atoms with van der Waals surface area (Å²) >= 11 is 0. The Kier molecular flexibility index (Phi) is 10.4. The highest BCUT2D eigenvalue weighted by Crippen LogP contribution is 2.40. The van der Waals surface area contributed by atoms with Gasteiger partial charge >= 0.3 is 5.97 Å². The SMILES string of the molecule is CCCCCN(C(=O)[C@@H](Cc1ccccc1)NC(=O)c1cc2ccccc2n1CC(=O)O)c1c(OC)cc(C)cc1OC. The van der Waals surface area contributed by atoms with E-state index in [-0.39, 0.29) is 18.0 Å². The van der Waals surface area contributed by atoms with Gasteiger partial charge in [0.05, 0.1) is 14.2 Å². The maximum atomic E-state index is 14.6. The molecule has 226 valence electrons. The lowest BCUT2D eigenvalue weighted by Gasteiger charge is -2.30. The Hall–Kier alpha value is -4.79. The zero-order valence-electron chi connectivity index (χ0n) is 25.1. The van der Waals surface area contributed by atoms with Crippen LogP contribution in [0, 0.1) is 6.92 Å². The van der Waals surface area contributed by atoms with Crippen molar-refractivity contribution in [1.82, 2.24) is 9.88 Å². The van der Waals surface area contributed by atoms with E-state index in [0.29, 0.717) is 29.2 Å². The lowest BCUT2D eigenvalue weighted by molar-refractivity contribution is -0.137. The number of aromatic nitrogens is 1. The number of aliphatic carboxylic acids is 1. The molecule has 2 amide bonds. The summed E-state index contributed by atoms with van der Waals surface area (Å²) in [6.07, 6.45) is 2.83. The standard InChI is InChI=1S/C34H39N3O6/c1-5-6-12-17-36(32-29(42-3)18-23(2)19-30(32)43-4)34(41)26(20-24-13-8-7-9-14-24)35-33(40)28-21-25-15-10-11-16-27(25)37(28)22-31(38)39/h7-11,13-16,18-19,21,26H,5-6,12,17,20,22H2,1-4H3,(H,35,40)(H,38,39)/t26-/m1/s1. The molecule has 0 radical (unpaired) electrons. The van der Waals surface area contributed by atoms with Gasteiger partial charge in [-0.2, -0.15) is 0 Å². The molecule has 1 heterocycles. The number of benzene rings is 3. The third-order valence-electron chi connectivity index (χ3n) is 7.37. The summed E-state index contributed by atoms with van der Waals surface area (Å²) in [5, 5.41) is 13.3. The van der Waals surface area contributed by atoms with Crippen LogP contribution < -0.4 is 19.7 Å². The van der Waals surface area contributed by atoms with Gasteiger partial charge in [0.25, 0.3) is 5.91 Å². The number of rotatable bonds is 14. The zero-order chi connectivity index (χ0) is 30.9. The van der Waals surface area contributed by atoms with Gasteiger partial charge in [-0.25, -0.2) is 0 Å². The van der Waals surface area contributed by atoms with Crippen molar-refractivity contribution in [2.24, 2.45) is 0 Å². The molecule has 0 saturated heterocycles. The van der Waals surface area contributed by atoms with E-state index >= 15 is 0 Å². The van der Waals surface area contributed by atoms with Crippen molar-refractivity contribution >= 4 is 34.4 Å². The summed E-state index contributed by atoms with van der Waals surface area (Å²) in [4.78, 5) is 41.8. The maximum Gasteiger partial charge on any atom is 0.323 e. The Balaban J connectivity index is 1.78. The molecule has 1 aromatic heterocycles. The molecule has 2 N–H and O–H groups in total. The van der Waals surface area contributed by atoms with Crippen molar-refractivity contribution in [3.05, 3.63) is 89.6 Å². The number of carboxylic acids is 1. The summed E-state index contributed by atoms with van der Waals surface area (Å²) in [6, 6.07) is 21.1. The molecule has 1 atom stereocenters. The topological polar surface area (TPSA) is 110 Å². The molecule has 4 rings (SSSR count). The van der Waals surface area contributed by atoms with Gasteiger partial charge in [-0.05, 0) is 48.7 Å². The van der Waals surface area contributed by atoms with Crippen molar-refractivity contribution in [1.29, 1.82) is 0 Å². The Bertz CT molecular complexity index is 1550. The number of ether oxygens (including phenoxy) is 2. The van der Waals surface area contributed by atoms with Crippen molar-refractivity contribution in [2.75, 3.05) is 25.7 Å². The van der Waals surface area contributed by atoms with Crippen LogP contribution in [0.25, 0.3) is 10.9 Å². The van der Waals surface area contributed by atoms with Crippen LogP contribution in [0.4, 0.5) is 5.69 Å². The van der Waals surface area contributed by atoms with E-state index in [4.69, 9.17) is 9.47 Å². The lowest BCUT2D eigenvalue weighted by Crippen LogP contribution is -2.50. The van der Waals surface area contributed by atoms with Gasteiger partial charge in [-0.1, -0.05) is 68.3 Å². The number of anilines is 1. The van der Waals surface area contributed by atoms with Crippen molar-refractivity contribution in [3.63, 3.8) is 0 Å². The third kappa shape index (κ3) is 7.35. The van der Waals surface area contributed by atoms with Crippen LogP contribution in [0.3, 0.4) is 0 Å². The van der Waals surface area contributed by atoms with Crippen molar-refractivity contribution < 1.29 is 29.0 Å². The Morgan fingerprint density at radius 1 is 0.930 bits per heavy atom. The number of aryl methyl sites for hydroxylation is 1. The number of hydrogen-bond donors (Lipinski definition) is 2. The van der Waals surface area contributed by atoms with Gasteiger partial charge < -0.3 is 29.4 Å². The molecule has 0 spiro atoms. The molecule has 0 bridgehead atoms. The van der Waals surface area contributed by atoms with Gasteiger partial charge in [-0.3, -0.25) is 14.4 Å². The molecule has 3 aromatic carbocycles. The fraction of sp³-hybridized carbons (Fsp3) is 0.324. The number of amides is 2. The number of unbranched alkanes of at least 4 members (excludes halogenated alkanes) is 2. The highest BCUT2D eigenvalue weighted by Gasteiger charge is 2.32. The third-order valence-corrected chi connectivity index (χ3v) is 7.37. The van der Waals surface area contributed by atoms with Crippen LogP contribution >= 0.6 is 0 Å². The average molecular weight is 586 g/mol. The van der Waals surface area contributed by atoms with Crippen LogP contribution in [0.15, 0.2) is 72.8 Å². The van der Waals surface area contributed by atoms with Crippen molar-refractivity contribution in [2.45, 2.75) is 52.1 Å². The number of fused-ring (bicyclic) bond motifs is 1. The molecule has 0 saturated carbocycles. The van der Waals surface area contributed by atoms with Gasteiger partial charge in [0, 0.05) is 23.9 Å². The minimum absolute atomic E-state index is 0.164. The number of nitrogens with zero attached hydrogens (tertiary/aromatic N) is 2. The molecule has 9 nitrogen and oxygen atoms in total. The van der Waals surface area contributed by atoms with E-state index in [9.17, 15) is 19.5 Å². The van der Waals surface area contributed by atoms with Gasteiger partial charge in [0.1, 0.15) is 35.5 Å². The second kappa shape index (κ2) is 14.4. The van der Waals surface area contributed by atoms with Gasteiger partial charge in [0.2, 0.25) is 5.91 Å². The van der Waals surface area contributed by atoms with Crippen LogP contribution in [0.1, 0.15) is 47.8 Å². The molecule has 4 aromatic rings. The predicted molar refractivity (Wildman–Crippen MR) is 167 cm³/mol. The van der Waals surface area contributed by atoms with Gasteiger partial charge in [-0.15, -0.1) is 0 Å². The molecule has 43 heavy (non-hydrogen) atoms. The van der Waals surface area contributed by atoms with Crippen LogP contribution in [0.2, 0.25) is 0 Å². The Morgan fingerprint density at radius 3 is 2.21 bits per heavy atom. The minimum Gasteiger partial charge on any atom is -0.494 e. The first-order chi connectivity index (χ1) is 20.8. The fourth-order valence-electron chi connectivity index (χ4n) is 5.32. The number of methoxy groups -OCH3 is 2. The number of carboxylic acid groups (broad SMARTS) is 1. The second-order valence-corrected chi connectivity index (χ2v) is 10.5. The molecule has 0 aliphatic heterocycles. The first-order valence-electron chi connectivity index (χ1n) is 14.5. The van der Waals surface area contributed by atoms with E-state index in [1.54, 1.807) is 37.3 Å². The average Bonchev–Trinajstić information content (AvgIpc) is 3.37. The largest absolute Gasteiger partial charge is 0.494 e. The minimum atomic E-state index is -1.08. The summed E-state index contributed by atoms with van der Waals surface area (Å²) in [7, 11) is 3.10. The van der Waals surface area contributed by atoms with E-state index in [1.807, 2.05) is 61.5 Å². The van der Waals surface area contributed by atoms with Crippen molar-refractivity contribution in [3.8, 4) is 11.5 Å². The normalized spacial score (nSPS) is 11.6. The molecule has 0 unspecified atom stereocenters. The summed E-state index contributed by atoms with van der Waals surface area (Å²) in [6.45, 7) is 4.01. The number of carbonyl (C=O) groups excluding carboxylic acids is 2. The zero-order valence-corrected chi connectivity index (χ0v) is 25.1. The van der Waals surface area contributed by atoms with E-state index in [0.717, 1.165) is 35.8 Å². The maximum absolute atomic E-state index is 14.6. The summed E-state index contributed by atoms with van der Waals surface area (Å²) in [5.74, 6) is -0.952. The highest BCUT2D eigenvalue weighted by molar-refractivity contribution is 6.05. The van der Waals surface area contributed by atoms with Crippen LogP contribution in [-0.2, 0) is 22.6 Å². The molecular weight excluding hydrogens is 546 g/mol. The molecule has 9 heteroatoms. The monoisotopic (exact) mass is 585 g/mol. The number of hydrogen-bond acceptors (Lipinski definition) is 5. The quantitative estimate of drug-likeness (QED) is 0.186. The Labute approximate surface area is 252 Å².